The van der Waals surface area contributed by atoms with Crippen LogP contribution in [-0.2, 0) is 24.3 Å². The van der Waals surface area contributed by atoms with Crippen LogP contribution in [0, 0.1) is 5.41 Å². The predicted octanol–water partition coefficient (Wildman–Crippen LogP) is 4.08. The van der Waals surface area contributed by atoms with E-state index in [1.165, 1.54) is 0 Å². The molecule has 1 aromatic carbocycles. The minimum atomic E-state index is -5.16. The van der Waals surface area contributed by atoms with E-state index in [9.17, 15) is 22.0 Å². The second-order valence-electron chi connectivity index (χ2n) is 7.87. The Kier molecular flexibility index (Phi) is 6.01. The third-order valence-corrected chi connectivity index (χ3v) is 4.11. The van der Waals surface area contributed by atoms with Crippen molar-refractivity contribution in [3.63, 3.8) is 0 Å². The Bertz CT molecular complexity index is 711. The maximum atomic E-state index is 14.3. The van der Waals surface area contributed by atoms with Gasteiger partial charge in [-0.1, -0.05) is 32.9 Å². The maximum Gasteiger partial charge on any atom is 0.395 e. The van der Waals surface area contributed by atoms with Crippen LogP contribution in [0.3, 0.4) is 0 Å². The zero-order valence-electron chi connectivity index (χ0n) is 15.2. The van der Waals surface area contributed by atoms with Gasteiger partial charge >= 0.3 is 21.3 Å². The highest BCUT2D eigenvalue weighted by atomic mass is 32.2. The fourth-order valence-corrected chi connectivity index (χ4v) is 2.69. The summed E-state index contributed by atoms with van der Waals surface area (Å²) >= 11 is 0. The molecule has 0 atom stereocenters. The molecule has 0 unspecified atom stereocenters. The number of hydrogen-bond donors (Lipinski definition) is 0. The Morgan fingerprint density at radius 3 is 1.88 bits per heavy atom. The van der Waals surface area contributed by atoms with Gasteiger partial charge < -0.3 is 4.74 Å². The number of esters is 1. The largest absolute Gasteiger partial charge is 0.456 e. The van der Waals surface area contributed by atoms with Crippen LogP contribution in [0.25, 0.3) is 0 Å². The zero-order chi connectivity index (χ0) is 19.7. The maximum absolute atomic E-state index is 14.3. The van der Waals surface area contributed by atoms with Gasteiger partial charge in [-0.05, 0) is 38.3 Å². The second-order valence-corrected chi connectivity index (χ2v) is 9.53. The Morgan fingerprint density at radius 1 is 1.00 bits per heavy atom. The highest BCUT2D eigenvalue weighted by molar-refractivity contribution is 7.87. The summed E-state index contributed by atoms with van der Waals surface area (Å²) in [6.45, 7) is 9.63. The van der Waals surface area contributed by atoms with E-state index in [0.717, 1.165) is 24.3 Å². The van der Waals surface area contributed by atoms with E-state index < -0.39 is 37.9 Å². The van der Waals surface area contributed by atoms with Gasteiger partial charge in [0.15, 0.2) is 0 Å². The summed E-state index contributed by atoms with van der Waals surface area (Å²) in [7, 11) is -5.16. The molecule has 0 N–H and O–H groups in total. The molecule has 5 nitrogen and oxygen atoms in total. The molecule has 0 saturated heterocycles. The van der Waals surface area contributed by atoms with Gasteiger partial charge in [-0.15, -0.1) is 0 Å². The Labute approximate surface area is 147 Å². The van der Waals surface area contributed by atoms with Gasteiger partial charge in [0, 0.05) is 5.56 Å². The van der Waals surface area contributed by atoms with Crippen LogP contribution >= 0.6 is 0 Å². The van der Waals surface area contributed by atoms with Crippen LogP contribution < -0.4 is 0 Å². The first-order valence-electron chi connectivity index (χ1n) is 7.66. The minimum Gasteiger partial charge on any atom is -0.456 e. The summed E-state index contributed by atoms with van der Waals surface area (Å²) in [5.74, 6) is -0.686. The summed E-state index contributed by atoms with van der Waals surface area (Å²) in [4.78, 5) is 11.9. The molecule has 1 aromatic rings. The van der Waals surface area contributed by atoms with Crippen LogP contribution in [0.4, 0.5) is 8.78 Å². The number of halogens is 2. The van der Waals surface area contributed by atoms with Crippen molar-refractivity contribution in [2.24, 2.45) is 5.41 Å². The van der Waals surface area contributed by atoms with Crippen molar-refractivity contribution < 1.29 is 30.9 Å². The molecular formula is C17H24F2O5S. The van der Waals surface area contributed by atoms with Crippen molar-refractivity contribution in [2.75, 3.05) is 6.61 Å². The SMILES string of the molecule is CC(C)(C)COS(=O)(=O)C(F)(F)c1ccc(C(=O)OC(C)(C)C)cc1. The van der Waals surface area contributed by atoms with E-state index in [2.05, 4.69) is 4.18 Å². The van der Waals surface area contributed by atoms with Crippen molar-refractivity contribution in [2.45, 2.75) is 52.4 Å². The first-order chi connectivity index (χ1) is 11.1. The van der Waals surface area contributed by atoms with Gasteiger partial charge in [0.1, 0.15) is 5.60 Å². The Hall–Kier alpha value is -1.54. The summed E-state index contributed by atoms with van der Waals surface area (Å²) in [6, 6.07) is 3.93. The van der Waals surface area contributed by atoms with Crippen molar-refractivity contribution in [3.8, 4) is 0 Å². The number of carbonyl (C=O) groups is 1. The van der Waals surface area contributed by atoms with Gasteiger partial charge in [-0.2, -0.15) is 17.2 Å². The van der Waals surface area contributed by atoms with Gasteiger partial charge in [-0.25, -0.2) is 4.79 Å². The summed E-state index contributed by atoms with van der Waals surface area (Å²) in [5, 5.41) is -4.23. The molecule has 0 bridgehead atoms. The second kappa shape index (κ2) is 6.99. The van der Waals surface area contributed by atoms with Crippen LogP contribution in [0.5, 0.6) is 0 Å². The van der Waals surface area contributed by atoms with Gasteiger partial charge in [0.2, 0.25) is 0 Å². The van der Waals surface area contributed by atoms with E-state index in [-0.39, 0.29) is 12.2 Å². The molecular weight excluding hydrogens is 354 g/mol. The third-order valence-electron chi connectivity index (χ3n) is 2.82. The van der Waals surface area contributed by atoms with E-state index in [1.807, 2.05) is 0 Å². The number of carbonyl (C=O) groups excluding carboxylic acids is 1. The smallest absolute Gasteiger partial charge is 0.395 e. The highest BCUT2D eigenvalue weighted by Crippen LogP contribution is 2.36. The van der Waals surface area contributed by atoms with Crippen LogP contribution in [0.1, 0.15) is 57.5 Å². The zero-order valence-corrected chi connectivity index (χ0v) is 16.0. The molecule has 0 spiro atoms. The molecule has 0 aromatic heterocycles. The van der Waals surface area contributed by atoms with Crippen LogP contribution in [0.15, 0.2) is 24.3 Å². The molecule has 0 aliphatic heterocycles. The number of alkyl halides is 2. The highest BCUT2D eigenvalue weighted by Gasteiger charge is 2.48. The lowest BCUT2D eigenvalue weighted by atomic mass is 9.99. The van der Waals surface area contributed by atoms with Gasteiger partial charge in [-0.3, -0.25) is 4.18 Å². The van der Waals surface area contributed by atoms with Gasteiger partial charge in [0.05, 0.1) is 12.2 Å². The fraction of sp³-hybridized carbons (Fsp3) is 0.588. The lowest BCUT2D eigenvalue weighted by molar-refractivity contribution is 0.00690. The van der Waals surface area contributed by atoms with E-state index >= 15 is 0 Å². The average molecular weight is 378 g/mol. The molecule has 0 amide bonds. The first-order valence-corrected chi connectivity index (χ1v) is 9.07. The molecule has 0 aliphatic carbocycles. The van der Waals surface area contributed by atoms with Crippen molar-refractivity contribution >= 4 is 16.1 Å². The predicted molar refractivity (Wildman–Crippen MR) is 89.8 cm³/mol. The molecule has 1 rings (SSSR count). The number of rotatable bonds is 5. The molecule has 0 radical (unpaired) electrons. The quantitative estimate of drug-likeness (QED) is 0.570. The van der Waals surface area contributed by atoms with Crippen molar-refractivity contribution in [1.82, 2.24) is 0 Å². The number of ether oxygens (including phenoxy) is 1. The fourth-order valence-electron chi connectivity index (χ4n) is 1.61. The van der Waals surface area contributed by atoms with E-state index in [4.69, 9.17) is 4.74 Å². The molecule has 142 valence electrons. The summed E-state index contributed by atoms with van der Waals surface area (Å²) in [6.07, 6.45) is 0. The molecule has 0 fully saturated rings. The topological polar surface area (TPSA) is 69.7 Å². The monoisotopic (exact) mass is 378 g/mol. The Morgan fingerprint density at radius 2 is 1.48 bits per heavy atom. The van der Waals surface area contributed by atoms with Crippen molar-refractivity contribution in [3.05, 3.63) is 35.4 Å². The molecule has 25 heavy (non-hydrogen) atoms. The summed E-state index contributed by atoms with van der Waals surface area (Å²) in [5.41, 5.74) is -2.07. The lowest BCUT2D eigenvalue weighted by Crippen LogP contribution is -2.31. The average Bonchev–Trinajstić information content (AvgIpc) is 2.42. The normalized spacial score (nSPS) is 13.6. The molecule has 0 aliphatic rings. The molecule has 8 heteroatoms. The lowest BCUT2D eigenvalue weighted by Gasteiger charge is -2.22. The Balaban J connectivity index is 3.01. The van der Waals surface area contributed by atoms with E-state index in [1.54, 1.807) is 41.5 Å². The number of benzene rings is 1. The van der Waals surface area contributed by atoms with Crippen molar-refractivity contribution in [1.29, 1.82) is 0 Å². The summed E-state index contributed by atoms with van der Waals surface area (Å²) < 4.78 is 61.9. The standard InChI is InChI=1S/C17H24F2O5S/c1-15(2,3)11-23-25(21,22)17(18,19)13-9-7-12(8-10-13)14(20)24-16(4,5)6/h7-10H,11H2,1-6H3. The van der Waals surface area contributed by atoms with Crippen LogP contribution in [0.2, 0.25) is 0 Å². The van der Waals surface area contributed by atoms with E-state index in [0.29, 0.717) is 0 Å². The van der Waals surface area contributed by atoms with Crippen LogP contribution in [-0.4, -0.2) is 26.6 Å². The van der Waals surface area contributed by atoms with Gasteiger partial charge in [0.25, 0.3) is 0 Å². The third kappa shape index (κ3) is 6.04. The minimum absolute atomic E-state index is 0.0440. The first kappa shape index (κ1) is 21.5. The molecule has 0 saturated carbocycles. The number of hydrogen-bond acceptors (Lipinski definition) is 5. The molecule has 0 heterocycles.